The van der Waals surface area contributed by atoms with Crippen molar-refractivity contribution in [2.45, 2.75) is 26.9 Å². The summed E-state index contributed by atoms with van der Waals surface area (Å²) in [6, 6.07) is 11.1. The third-order valence-corrected chi connectivity index (χ3v) is 3.41. The van der Waals surface area contributed by atoms with Gasteiger partial charge in [-0.2, -0.15) is 0 Å². The van der Waals surface area contributed by atoms with Crippen LogP contribution in [0.4, 0.5) is 10.1 Å². The SMILES string of the molecule is CCNCc1cccc(F)c1N(CC)Cc1ccccn1. The first kappa shape index (κ1) is 15.4. The zero-order valence-electron chi connectivity index (χ0n) is 12.6. The lowest BCUT2D eigenvalue weighted by molar-refractivity contribution is 0.610. The number of hydrogen-bond donors (Lipinski definition) is 1. The Balaban J connectivity index is 2.28. The predicted octanol–water partition coefficient (Wildman–Crippen LogP) is 3.36. The van der Waals surface area contributed by atoms with Crippen LogP contribution in [-0.4, -0.2) is 18.1 Å². The molecule has 0 saturated heterocycles. The number of anilines is 1. The summed E-state index contributed by atoms with van der Waals surface area (Å²) in [5.41, 5.74) is 2.60. The third-order valence-electron chi connectivity index (χ3n) is 3.41. The number of pyridine rings is 1. The molecule has 1 N–H and O–H groups in total. The monoisotopic (exact) mass is 287 g/mol. The summed E-state index contributed by atoms with van der Waals surface area (Å²) in [5, 5.41) is 3.27. The summed E-state index contributed by atoms with van der Waals surface area (Å²) in [6.07, 6.45) is 1.77. The molecule has 112 valence electrons. The summed E-state index contributed by atoms with van der Waals surface area (Å²) in [6.45, 7) is 6.95. The van der Waals surface area contributed by atoms with E-state index in [1.165, 1.54) is 6.07 Å². The van der Waals surface area contributed by atoms with Gasteiger partial charge in [0.25, 0.3) is 0 Å². The van der Waals surface area contributed by atoms with Gasteiger partial charge in [-0.1, -0.05) is 25.1 Å². The number of benzene rings is 1. The van der Waals surface area contributed by atoms with Crippen LogP contribution in [0.5, 0.6) is 0 Å². The number of nitrogens with one attached hydrogen (secondary N) is 1. The van der Waals surface area contributed by atoms with Gasteiger partial charge in [-0.25, -0.2) is 4.39 Å². The van der Waals surface area contributed by atoms with Gasteiger partial charge < -0.3 is 10.2 Å². The highest BCUT2D eigenvalue weighted by molar-refractivity contribution is 5.55. The molecule has 0 atom stereocenters. The van der Waals surface area contributed by atoms with E-state index in [1.54, 1.807) is 12.3 Å². The normalized spacial score (nSPS) is 10.6. The largest absolute Gasteiger partial charge is 0.363 e. The Bertz CT molecular complexity index is 557. The second-order valence-corrected chi connectivity index (χ2v) is 4.86. The third kappa shape index (κ3) is 4.02. The molecule has 0 amide bonds. The minimum absolute atomic E-state index is 0.178. The smallest absolute Gasteiger partial charge is 0.146 e. The number of nitrogens with zero attached hydrogens (tertiary/aromatic N) is 2. The van der Waals surface area contributed by atoms with Crippen LogP contribution < -0.4 is 10.2 Å². The zero-order valence-corrected chi connectivity index (χ0v) is 12.6. The van der Waals surface area contributed by atoms with Crippen molar-refractivity contribution in [1.29, 1.82) is 0 Å². The van der Waals surface area contributed by atoms with Gasteiger partial charge in [-0.05, 0) is 37.2 Å². The van der Waals surface area contributed by atoms with Crippen LogP contribution in [0.15, 0.2) is 42.6 Å². The maximum Gasteiger partial charge on any atom is 0.146 e. The van der Waals surface area contributed by atoms with Crippen LogP contribution in [0.1, 0.15) is 25.1 Å². The van der Waals surface area contributed by atoms with Crippen LogP contribution in [0.2, 0.25) is 0 Å². The Morgan fingerprint density at radius 2 is 2.00 bits per heavy atom. The standard InChI is InChI=1S/C17H22FN3/c1-3-19-12-14-8-7-10-16(18)17(14)21(4-2)13-15-9-5-6-11-20-15/h5-11,19H,3-4,12-13H2,1-2H3. The van der Waals surface area contributed by atoms with E-state index in [9.17, 15) is 4.39 Å². The fourth-order valence-corrected chi connectivity index (χ4v) is 2.35. The number of halogens is 1. The molecule has 1 aromatic heterocycles. The van der Waals surface area contributed by atoms with Gasteiger partial charge in [0.05, 0.1) is 17.9 Å². The summed E-state index contributed by atoms with van der Waals surface area (Å²) in [4.78, 5) is 6.37. The summed E-state index contributed by atoms with van der Waals surface area (Å²) in [7, 11) is 0. The lowest BCUT2D eigenvalue weighted by atomic mass is 10.1. The van der Waals surface area contributed by atoms with Crippen LogP contribution in [0.3, 0.4) is 0 Å². The quantitative estimate of drug-likeness (QED) is 0.846. The van der Waals surface area contributed by atoms with Crippen LogP contribution in [0, 0.1) is 5.82 Å². The molecule has 0 aliphatic rings. The van der Waals surface area contributed by atoms with E-state index in [1.807, 2.05) is 43.0 Å². The Morgan fingerprint density at radius 1 is 1.14 bits per heavy atom. The van der Waals surface area contributed by atoms with E-state index < -0.39 is 0 Å². The van der Waals surface area contributed by atoms with Crippen LogP contribution >= 0.6 is 0 Å². The Kier molecular flexibility index (Phi) is 5.69. The first-order chi connectivity index (χ1) is 10.3. The van der Waals surface area contributed by atoms with Gasteiger partial charge >= 0.3 is 0 Å². The Hall–Kier alpha value is -1.94. The fraction of sp³-hybridized carbons (Fsp3) is 0.353. The predicted molar refractivity (Wildman–Crippen MR) is 84.7 cm³/mol. The van der Waals surface area contributed by atoms with E-state index in [2.05, 4.69) is 10.3 Å². The molecule has 0 spiro atoms. The first-order valence-electron chi connectivity index (χ1n) is 7.39. The van der Waals surface area contributed by atoms with Gasteiger partial charge in [0.2, 0.25) is 0 Å². The second kappa shape index (κ2) is 7.74. The molecule has 2 rings (SSSR count). The van der Waals surface area contributed by atoms with Crippen molar-refractivity contribution < 1.29 is 4.39 Å². The van der Waals surface area contributed by atoms with E-state index in [0.717, 1.165) is 24.3 Å². The summed E-state index contributed by atoms with van der Waals surface area (Å²) < 4.78 is 14.3. The molecule has 0 unspecified atom stereocenters. The molecule has 0 saturated carbocycles. The molecule has 3 nitrogen and oxygen atoms in total. The van der Waals surface area contributed by atoms with Gasteiger partial charge in [-0.15, -0.1) is 0 Å². The van der Waals surface area contributed by atoms with Crippen LogP contribution in [0.25, 0.3) is 0 Å². The molecule has 0 radical (unpaired) electrons. The Morgan fingerprint density at radius 3 is 2.67 bits per heavy atom. The van der Waals surface area contributed by atoms with Crippen molar-refractivity contribution >= 4 is 5.69 Å². The van der Waals surface area contributed by atoms with E-state index in [-0.39, 0.29) is 5.82 Å². The second-order valence-electron chi connectivity index (χ2n) is 4.86. The van der Waals surface area contributed by atoms with E-state index in [0.29, 0.717) is 18.8 Å². The van der Waals surface area contributed by atoms with Crippen molar-refractivity contribution in [2.75, 3.05) is 18.0 Å². The number of aromatic nitrogens is 1. The van der Waals surface area contributed by atoms with Crippen molar-refractivity contribution in [3.8, 4) is 0 Å². The Labute approximate surface area is 125 Å². The summed E-state index contributed by atoms with van der Waals surface area (Å²) >= 11 is 0. The molecule has 1 heterocycles. The van der Waals surface area contributed by atoms with Crippen molar-refractivity contribution in [1.82, 2.24) is 10.3 Å². The van der Waals surface area contributed by atoms with Crippen LogP contribution in [-0.2, 0) is 13.1 Å². The van der Waals surface area contributed by atoms with E-state index in [4.69, 9.17) is 0 Å². The highest BCUT2D eigenvalue weighted by Gasteiger charge is 2.15. The zero-order chi connectivity index (χ0) is 15.1. The number of hydrogen-bond acceptors (Lipinski definition) is 3. The van der Waals surface area contributed by atoms with Crippen molar-refractivity contribution in [3.63, 3.8) is 0 Å². The lowest BCUT2D eigenvalue weighted by Gasteiger charge is -2.26. The minimum atomic E-state index is -0.178. The maximum atomic E-state index is 14.3. The topological polar surface area (TPSA) is 28.2 Å². The maximum absolute atomic E-state index is 14.3. The molecule has 1 aromatic carbocycles. The van der Waals surface area contributed by atoms with E-state index >= 15 is 0 Å². The number of para-hydroxylation sites is 1. The fourth-order valence-electron chi connectivity index (χ4n) is 2.35. The average Bonchev–Trinajstić information content (AvgIpc) is 2.52. The van der Waals surface area contributed by atoms with Gasteiger partial charge in [0.1, 0.15) is 5.82 Å². The molecule has 21 heavy (non-hydrogen) atoms. The number of rotatable bonds is 7. The molecule has 0 aliphatic heterocycles. The van der Waals surface area contributed by atoms with Crippen molar-refractivity contribution in [2.24, 2.45) is 0 Å². The molecule has 0 fully saturated rings. The molecule has 4 heteroatoms. The van der Waals surface area contributed by atoms with Crippen molar-refractivity contribution in [3.05, 3.63) is 59.7 Å². The summed E-state index contributed by atoms with van der Waals surface area (Å²) in [5.74, 6) is -0.178. The molecule has 0 aliphatic carbocycles. The first-order valence-corrected chi connectivity index (χ1v) is 7.39. The minimum Gasteiger partial charge on any atom is -0.363 e. The van der Waals surface area contributed by atoms with Gasteiger partial charge in [0.15, 0.2) is 0 Å². The van der Waals surface area contributed by atoms with Gasteiger partial charge in [0, 0.05) is 19.3 Å². The highest BCUT2D eigenvalue weighted by Crippen LogP contribution is 2.25. The average molecular weight is 287 g/mol. The molecule has 0 bridgehead atoms. The molecule has 2 aromatic rings. The molecular formula is C17H22FN3. The lowest BCUT2D eigenvalue weighted by Crippen LogP contribution is -2.26. The highest BCUT2D eigenvalue weighted by atomic mass is 19.1. The molecular weight excluding hydrogens is 265 g/mol. The van der Waals surface area contributed by atoms with Gasteiger partial charge in [-0.3, -0.25) is 4.98 Å².